The number of carboxylic acids is 1. The monoisotopic (exact) mass is 840 g/mol. The molecular weight excluding hydrogens is 806 g/mol. The van der Waals surface area contributed by atoms with Gasteiger partial charge in [0.25, 0.3) is 17.3 Å². The van der Waals surface area contributed by atoms with Crippen molar-refractivity contribution in [2.75, 3.05) is 73.5 Å². The largest absolute Gasteiger partial charge is 0.573 e. The highest BCUT2D eigenvalue weighted by Crippen LogP contribution is 2.32. The van der Waals surface area contributed by atoms with Crippen molar-refractivity contribution >= 4 is 46.0 Å². The minimum atomic E-state index is -4.81. The number of nitrogens with zero attached hydrogens (tertiary/aromatic N) is 4. The number of carbonyl (C=O) groups excluding carboxylic acids is 1. The van der Waals surface area contributed by atoms with Gasteiger partial charge in [-0.25, -0.2) is 4.79 Å². The molecule has 0 unspecified atom stereocenters. The molecule has 0 aromatic heterocycles. The van der Waals surface area contributed by atoms with Crippen LogP contribution >= 0.6 is 0 Å². The Balaban J connectivity index is 0.000000217. The van der Waals surface area contributed by atoms with Gasteiger partial charge < -0.3 is 44.9 Å². The normalized spacial score (nSPS) is 14.1. The van der Waals surface area contributed by atoms with Crippen LogP contribution in [0.25, 0.3) is 0 Å². The maximum Gasteiger partial charge on any atom is 0.573 e. The molecule has 2 heterocycles. The first-order chi connectivity index (χ1) is 27.8. The lowest BCUT2D eigenvalue weighted by Crippen LogP contribution is -2.36. The number of nitrogen functional groups attached to an aromatic ring is 1. The Bertz CT molecular complexity index is 2080. The Morgan fingerprint density at radius 1 is 0.661 bits per heavy atom. The lowest BCUT2D eigenvalue weighted by molar-refractivity contribution is -0.384. The summed E-state index contributed by atoms with van der Waals surface area (Å²) in [4.78, 5) is 48.2. The maximum absolute atomic E-state index is 12.4. The number of halogens is 6. The lowest BCUT2D eigenvalue weighted by atomic mass is 10.1. The molecular formula is C36H34F6N6O11. The smallest absolute Gasteiger partial charge is 0.478 e. The first-order valence-corrected chi connectivity index (χ1v) is 17.0. The van der Waals surface area contributed by atoms with E-state index in [1.54, 1.807) is 0 Å². The fourth-order valence-corrected chi connectivity index (χ4v) is 5.37. The van der Waals surface area contributed by atoms with E-state index in [0.29, 0.717) is 69.7 Å². The average Bonchev–Trinajstić information content (AvgIpc) is 3.19. The van der Waals surface area contributed by atoms with Crippen molar-refractivity contribution < 1.29 is 69.8 Å². The second-order valence-corrected chi connectivity index (χ2v) is 12.1. The highest BCUT2D eigenvalue weighted by Gasteiger charge is 2.32. The predicted octanol–water partition coefficient (Wildman–Crippen LogP) is 6.88. The molecule has 0 atom stereocenters. The molecule has 2 aliphatic rings. The molecule has 59 heavy (non-hydrogen) atoms. The summed E-state index contributed by atoms with van der Waals surface area (Å²) in [6, 6.07) is 17.6. The van der Waals surface area contributed by atoms with Gasteiger partial charge in [-0.15, -0.1) is 26.3 Å². The van der Waals surface area contributed by atoms with E-state index >= 15 is 0 Å². The van der Waals surface area contributed by atoms with Crippen LogP contribution in [0.5, 0.6) is 11.5 Å². The molecule has 0 spiro atoms. The number of aromatic carboxylic acids is 1. The molecule has 4 N–H and O–H groups in total. The third-order valence-corrected chi connectivity index (χ3v) is 8.02. The Morgan fingerprint density at radius 2 is 1.05 bits per heavy atom. The summed E-state index contributed by atoms with van der Waals surface area (Å²) in [5.41, 5.74) is 6.25. The van der Waals surface area contributed by atoms with Crippen molar-refractivity contribution in [3.63, 3.8) is 0 Å². The number of anilines is 4. The number of alkyl halides is 6. The Kier molecular flexibility index (Phi) is 15.2. The quantitative estimate of drug-likeness (QED) is 0.0677. The average molecular weight is 841 g/mol. The summed E-state index contributed by atoms with van der Waals surface area (Å²) in [7, 11) is 0. The van der Waals surface area contributed by atoms with Gasteiger partial charge in [0.2, 0.25) is 0 Å². The van der Waals surface area contributed by atoms with Gasteiger partial charge in [0.15, 0.2) is 0 Å². The molecule has 0 bridgehead atoms. The number of nitrogens with one attached hydrogen (secondary N) is 1. The van der Waals surface area contributed by atoms with Crippen molar-refractivity contribution in [3.8, 4) is 11.5 Å². The van der Waals surface area contributed by atoms with Gasteiger partial charge in [-0.3, -0.25) is 25.0 Å². The molecule has 2 fully saturated rings. The van der Waals surface area contributed by atoms with Crippen LogP contribution in [0.4, 0.5) is 60.5 Å². The zero-order valence-corrected chi connectivity index (χ0v) is 30.4. The van der Waals surface area contributed by atoms with E-state index in [0.717, 1.165) is 30.3 Å². The number of benzene rings is 4. The number of amides is 1. The van der Waals surface area contributed by atoms with E-state index in [4.69, 9.17) is 20.3 Å². The van der Waals surface area contributed by atoms with E-state index in [2.05, 4.69) is 14.8 Å². The fourth-order valence-electron chi connectivity index (χ4n) is 5.37. The Labute approximate surface area is 329 Å². The molecule has 316 valence electrons. The molecule has 0 radical (unpaired) electrons. The third kappa shape index (κ3) is 14.2. The molecule has 2 saturated heterocycles. The summed E-state index contributed by atoms with van der Waals surface area (Å²) in [5.74, 6) is -2.50. The standard InChI is InChI=1S/C18H16F3N3O5.C11H12N2O5.C7H6F3NO/c19-18(20,21)29-14-4-2-13(3-5-14)22-17(25)12-1-6-15(16(11-12)24(26)27)23-7-9-28-10-8-23;14-11(15)8-1-2-9(10(7-8)13(16)17)12-3-5-18-6-4-12;8-7(9,10)12-6-3-1-5(11)2-4-6/h1-6,11H,7-10H2,(H,22,25);1-2,7H,3-6H2,(H,14,15);1-4H,11H2. The highest BCUT2D eigenvalue weighted by atomic mass is 19.4. The van der Waals surface area contributed by atoms with Crippen LogP contribution in [-0.2, 0) is 9.47 Å². The summed E-state index contributed by atoms with van der Waals surface area (Å²) < 4.78 is 89.1. The number of nitrogens with two attached hydrogens (primary N) is 1. The number of morpholine rings is 2. The van der Waals surface area contributed by atoms with Crippen LogP contribution in [0.3, 0.4) is 0 Å². The van der Waals surface area contributed by atoms with Gasteiger partial charge in [-0.1, -0.05) is 0 Å². The Hall–Kier alpha value is -6.88. The summed E-state index contributed by atoms with van der Waals surface area (Å²) in [6.07, 6.45) is -9.46. The minimum Gasteiger partial charge on any atom is -0.478 e. The van der Waals surface area contributed by atoms with E-state index in [-0.39, 0.29) is 33.9 Å². The van der Waals surface area contributed by atoms with Crippen molar-refractivity contribution in [3.05, 3.63) is 116 Å². The zero-order valence-electron chi connectivity index (χ0n) is 30.4. The summed E-state index contributed by atoms with van der Waals surface area (Å²) in [6.45, 7) is 4.05. The van der Waals surface area contributed by atoms with Gasteiger partial charge in [0.05, 0.1) is 41.8 Å². The molecule has 23 heteroatoms. The molecule has 0 aliphatic carbocycles. The number of hydrogen-bond donors (Lipinski definition) is 3. The van der Waals surface area contributed by atoms with Crippen LogP contribution in [0.15, 0.2) is 84.9 Å². The number of carboxylic acid groups (broad SMARTS) is 1. The van der Waals surface area contributed by atoms with Gasteiger partial charge in [0.1, 0.15) is 22.9 Å². The van der Waals surface area contributed by atoms with Crippen LogP contribution in [-0.4, -0.2) is 92.2 Å². The van der Waals surface area contributed by atoms with Gasteiger partial charge in [-0.2, -0.15) is 0 Å². The second-order valence-electron chi connectivity index (χ2n) is 12.1. The van der Waals surface area contributed by atoms with Crippen molar-refractivity contribution in [1.82, 2.24) is 0 Å². The van der Waals surface area contributed by atoms with Gasteiger partial charge >= 0.3 is 18.7 Å². The molecule has 2 aliphatic heterocycles. The van der Waals surface area contributed by atoms with Crippen LogP contribution in [0, 0.1) is 20.2 Å². The number of nitro benzene ring substituents is 2. The molecule has 0 saturated carbocycles. The first kappa shape index (κ1) is 44.8. The molecule has 17 nitrogen and oxygen atoms in total. The van der Waals surface area contributed by atoms with E-state index in [1.807, 2.05) is 9.80 Å². The number of rotatable bonds is 9. The molecule has 1 amide bonds. The number of nitro groups is 2. The number of hydrogen-bond acceptors (Lipinski definition) is 13. The van der Waals surface area contributed by atoms with Crippen molar-refractivity contribution in [2.24, 2.45) is 0 Å². The van der Waals surface area contributed by atoms with E-state index < -0.39 is 40.2 Å². The minimum absolute atomic E-state index is 0.0457. The van der Waals surface area contributed by atoms with E-state index in [1.165, 1.54) is 54.6 Å². The SMILES string of the molecule is Nc1ccc(OC(F)(F)F)cc1.O=C(Nc1ccc(OC(F)(F)F)cc1)c1ccc(N2CCOCC2)c([N+](=O)[O-])c1.O=C(O)c1ccc(N2CCOCC2)c([N+](=O)[O-])c1. The molecule has 6 rings (SSSR count). The Morgan fingerprint density at radius 3 is 1.44 bits per heavy atom. The number of ether oxygens (including phenoxy) is 4. The molecule has 4 aromatic rings. The second kappa shape index (κ2) is 20.0. The van der Waals surface area contributed by atoms with Crippen LogP contribution < -0.4 is 30.3 Å². The van der Waals surface area contributed by atoms with Crippen molar-refractivity contribution in [2.45, 2.75) is 12.7 Å². The van der Waals surface area contributed by atoms with Gasteiger partial charge in [0, 0.05) is 55.2 Å². The lowest BCUT2D eigenvalue weighted by Gasteiger charge is -2.28. The first-order valence-electron chi connectivity index (χ1n) is 17.0. The van der Waals surface area contributed by atoms with Crippen LogP contribution in [0.1, 0.15) is 20.7 Å². The number of carbonyl (C=O) groups is 2. The summed E-state index contributed by atoms with van der Waals surface area (Å²) >= 11 is 0. The fraction of sp³-hybridized carbons (Fsp3) is 0.278. The molecule has 4 aromatic carbocycles. The predicted molar refractivity (Wildman–Crippen MR) is 198 cm³/mol. The summed E-state index contributed by atoms with van der Waals surface area (Å²) in [5, 5.41) is 33.8. The highest BCUT2D eigenvalue weighted by molar-refractivity contribution is 6.05. The zero-order chi connectivity index (χ0) is 43.3. The van der Waals surface area contributed by atoms with Crippen molar-refractivity contribution in [1.29, 1.82) is 0 Å². The maximum atomic E-state index is 12.4. The van der Waals surface area contributed by atoms with Crippen LogP contribution in [0.2, 0.25) is 0 Å². The van der Waals surface area contributed by atoms with E-state index in [9.17, 15) is 56.2 Å². The third-order valence-electron chi connectivity index (χ3n) is 8.02. The topological polar surface area (TPSA) is 222 Å². The van der Waals surface area contributed by atoms with Gasteiger partial charge in [-0.05, 0) is 72.8 Å².